The molecule has 30 heavy (non-hydrogen) atoms. The zero-order valence-corrected chi connectivity index (χ0v) is 16.2. The maximum Gasteiger partial charge on any atom is 0.273 e. The maximum absolute atomic E-state index is 13.3. The minimum atomic E-state index is -1.10. The maximum atomic E-state index is 13.3. The highest BCUT2D eigenvalue weighted by Gasteiger charge is 2.42. The molecule has 0 aromatic heterocycles. The van der Waals surface area contributed by atoms with Crippen LogP contribution in [0.25, 0.3) is 0 Å². The number of rotatable bonds is 7. The van der Waals surface area contributed by atoms with Crippen LogP contribution in [-0.2, 0) is 9.59 Å². The Morgan fingerprint density at radius 1 is 1.00 bits per heavy atom. The second-order valence-electron chi connectivity index (χ2n) is 6.71. The van der Waals surface area contributed by atoms with Crippen molar-refractivity contribution in [3.05, 3.63) is 75.8 Å². The van der Waals surface area contributed by atoms with E-state index in [-0.39, 0.29) is 30.5 Å². The highest BCUT2D eigenvalue weighted by molar-refractivity contribution is 6.09. The summed E-state index contributed by atoms with van der Waals surface area (Å²) in [5.41, 5.74) is 0.149. The first kappa shape index (κ1) is 20.8. The van der Waals surface area contributed by atoms with Crippen LogP contribution < -0.4 is 0 Å². The number of nitro groups is 1. The molecule has 0 unspecified atom stereocenters. The summed E-state index contributed by atoms with van der Waals surface area (Å²) in [7, 11) is 0. The van der Waals surface area contributed by atoms with Crippen molar-refractivity contribution >= 4 is 29.2 Å². The molecule has 1 aliphatic heterocycles. The van der Waals surface area contributed by atoms with Gasteiger partial charge in [0.1, 0.15) is 6.04 Å². The van der Waals surface area contributed by atoms with Crippen molar-refractivity contribution in [3.8, 4) is 0 Å². The van der Waals surface area contributed by atoms with E-state index in [4.69, 9.17) is 0 Å². The number of carbonyl (C=O) groups excluding carboxylic acids is 4. The summed E-state index contributed by atoms with van der Waals surface area (Å²) < 4.78 is 0. The molecule has 0 N–H and O–H groups in total. The summed E-state index contributed by atoms with van der Waals surface area (Å²) in [5.74, 6) is -2.32. The fourth-order valence-corrected chi connectivity index (χ4v) is 3.30. The minimum Gasteiger partial charge on any atom is -0.292 e. The SMILES string of the molecule is CC[C@@H](C(=O)c1ccccc1)N(C(=O)c1ccc([N+](=O)[O-])cc1)N1C(=O)CCC1=O. The van der Waals surface area contributed by atoms with Crippen molar-refractivity contribution in [1.82, 2.24) is 10.0 Å². The van der Waals surface area contributed by atoms with Crippen LogP contribution >= 0.6 is 0 Å². The topological polar surface area (TPSA) is 118 Å². The van der Waals surface area contributed by atoms with Crippen molar-refractivity contribution in [2.45, 2.75) is 32.2 Å². The number of carbonyl (C=O) groups is 4. The lowest BCUT2D eigenvalue weighted by Gasteiger charge is -2.35. The molecule has 1 saturated heterocycles. The summed E-state index contributed by atoms with van der Waals surface area (Å²) in [4.78, 5) is 61.5. The normalized spacial score (nSPS) is 14.5. The lowest BCUT2D eigenvalue weighted by molar-refractivity contribution is -0.384. The number of benzene rings is 2. The molecule has 3 amide bonds. The highest BCUT2D eigenvalue weighted by Crippen LogP contribution is 2.24. The molecule has 3 rings (SSSR count). The molecular weight excluding hydrogens is 390 g/mol. The van der Waals surface area contributed by atoms with Gasteiger partial charge in [-0.1, -0.05) is 37.3 Å². The minimum absolute atomic E-state index is 0.0208. The molecule has 2 aromatic rings. The molecule has 1 fully saturated rings. The number of imide groups is 1. The quantitative estimate of drug-likeness (QED) is 0.300. The van der Waals surface area contributed by atoms with Crippen LogP contribution in [0.2, 0.25) is 0 Å². The molecule has 9 heteroatoms. The monoisotopic (exact) mass is 409 g/mol. The van der Waals surface area contributed by atoms with Crippen LogP contribution in [0.1, 0.15) is 46.9 Å². The second-order valence-corrected chi connectivity index (χ2v) is 6.71. The summed E-state index contributed by atoms with van der Waals surface area (Å²) in [6, 6.07) is 11.9. The zero-order chi connectivity index (χ0) is 21.8. The second kappa shape index (κ2) is 8.64. The molecule has 2 aromatic carbocycles. The Bertz CT molecular complexity index is 987. The van der Waals surface area contributed by atoms with Crippen molar-refractivity contribution in [2.75, 3.05) is 0 Å². The van der Waals surface area contributed by atoms with Gasteiger partial charge in [0.05, 0.1) is 4.92 Å². The fourth-order valence-electron chi connectivity index (χ4n) is 3.30. The van der Waals surface area contributed by atoms with Gasteiger partial charge in [0.25, 0.3) is 11.6 Å². The Hall–Kier alpha value is -3.88. The number of hydrogen-bond donors (Lipinski definition) is 0. The molecule has 154 valence electrons. The van der Waals surface area contributed by atoms with E-state index < -0.39 is 34.5 Å². The smallest absolute Gasteiger partial charge is 0.273 e. The molecule has 0 aliphatic carbocycles. The number of hydrogen-bond acceptors (Lipinski definition) is 6. The van der Waals surface area contributed by atoms with Gasteiger partial charge < -0.3 is 0 Å². The Morgan fingerprint density at radius 3 is 2.07 bits per heavy atom. The first-order chi connectivity index (χ1) is 14.3. The van der Waals surface area contributed by atoms with Crippen molar-refractivity contribution in [3.63, 3.8) is 0 Å². The molecule has 0 bridgehead atoms. The first-order valence-electron chi connectivity index (χ1n) is 9.38. The largest absolute Gasteiger partial charge is 0.292 e. The number of Topliss-reactive ketones (excluding diaryl/α,β-unsaturated/α-hetero) is 1. The Kier molecular flexibility index (Phi) is 6.01. The zero-order valence-electron chi connectivity index (χ0n) is 16.2. The molecule has 0 spiro atoms. The standard InChI is InChI=1S/C21H19N3O6/c1-2-17(20(27)14-6-4-3-5-7-14)22(23-18(25)12-13-19(23)26)21(28)15-8-10-16(11-9-15)24(29)30/h3-11,17H,2,12-13H2,1H3/t17-/m0/s1. The van der Waals surface area contributed by atoms with E-state index in [1.807, 2.05) is 0 Å². The number of hydrazine groups is 1. The predicted molar refractivity (Wildman–Crippen MR) is 105 cm³/mol. The van der Waals surface area contributed by atoms with Gasteiger partial charge in [-0.15, -0.1) is 0 Å². The number of nitro benzene ring substituents is 1. The van der Waals surface area contributed by atoms with Crippen molar-refractivity contribution < 1.29 is 24.1 Å². The molecule has 9 nitrogen and oxygen atoms in total. The van der Waals surface area contributed by atoms with E-state index >= 15 is 0 Å². The van der Waals surface area contributed by atoms with Crippen LogP contribution in [0.5, 0.6) is 0 Å². The third kappa shape index (κ3) is 3.95. The van der Waals surface area contributed by atoms with Gasteiger partial charge in [-0.05, 0) is 18.6 Å². The van der Waals surface area contributed by atoms with Gasteiger partial charge in [0.15, 0.2) is 5.78 Å². The number of amides is 3. The number of non-ortho nitro benzene ring substituents is 1. The Labute approximate surface area is 172 Å². The summed E-state index contributed by atoms with van der Waals surface area (Å²) >= 11 is 0. The van der Waals surface area contributed by atoms with Gasteiger partial charge in [0, 0.05) is 36.1 Å². The molecule has 0 saturated carbocycles. The number of ketones is 1. The van der Waals surface area contributed by atoms with Gasteiger partial charge in [-0.2, -0.15) is 5.01 Å². The molecule has 0 radical (unpaired) electrons. The van der Waals surface area contributed by atoms with Crippen molar-refractivity contribution in [1.29, 1.82) is 0 Å². The summed E-state index contributed by atoms with van der Waals surface area (Å²) in [6.45, 7) is 1.67. The third-order valence-corrected chi connectivity index (χ3v) is 4.82. The summed E-state index contributed by atoms with van der Waals surface area (Å²) in [6.07, 6.45) is 0.0428. The van der Waals surface area contributed by atoms with E-state index in [9.17, 15) is 29.3 Å². The molecular formula is C21H19N3O6. The van der Waals surface area contributed by atoms with E-state index in [1.165, 1.54) is 12.1 Å². The van der Waals surface area contributed by atoms with E-state index in [0.29, 0.717) is 5.56 Å². The Balaban J connectivity index is 2.04. The van der Waals surface area contributed by atoms with Gasteiger partial charge in [0.2, 0.25) is 11.8 Å². The lowest BCUT2D eigenvalue weighted by Crippen LogP contribution is -2.56. The van der Waals surface area contributed by atoms with Gasteiger partial charge in [-0.25, -0.2) is 5.01 Å². The van der Waals surface area contributed by atoms with Crippen LogP contribution in [0.15, 0.2) is 54.6 Å². The first-order valence-corrected chi connectivity index (χ1v) is 9.38. The van der Waals surface area contributed by atoms with Crippen LogP contribution in [-0.4, -0.2) is 44.5 Å². The Morgan fingerprint density at radius 2 is 1.57 bits per heavy atom. The van der Waals surface area contributed by atoms with Gasteiger partial charge in [-0.3, -0.25) is 29.3 Å². The molecule has 1 aliphatic rings. The van der Waals surface area contributed by atoms with Crippen LogP contribution in [0.4, 0.5) is 5.69 Å². The average molecular weight is 409 g/mol. The van der Waals surface area contributed by atoms with E-state index in [0.717, 1.165) is 22.2 Å². The van der Waals surface area contributed by atoms with E-state index in [1.54, 1.807) is 37.3 Å². The van der Waals surface area contributed by atoms with Crippen LogP contribution in [0, 0.1) is 10.1 Å². The van der Waals surface area contributed by atoms with E-state index in [2.05, 4.69) is 0 Å². The lowest BCUT2D eigenvalue weighted by atomic mass is 10.0. The van der Waals surface area contributed by atoms with Crippen molar-refractivity contribution in [2.24, 2.45) is 0 Å². The summed E-state index contributed by atoms with van der Waals surface area (Å²) in [5, 5.41) is 12.5. The molecule has 1 atom stereocenters. The van der Waals surface area contributed by atoms with Gasteiger partial charge >= 0.3 is 0 Å². The average Bonchev–Trinajstić information content (AvgIpc) is 3.09. The molecule has 1 heterocycles. The predicted octanol–water partition coefficient (Wildman–Crippen LogP) is 2.76. The van der Waals surface area contributed by atoms with Crippen LogP contribution in [0.3, 0.4) is 0 Å². The number of nitrogens with zero attached hydrogens (tertiary/aromatic N) is 3. The third-order valence-electron chi connectivity index (χ3n) is 4.82. The fraction of sp³-hybridized carbons (Fsp3) is 0.238. The highest BCUT2D eigenvalue weighted by atomic mass is 16.6.